The second-order valence-electron chi connectivity index (χ2n) is 4.85. The van der Waals surface area contributed by atoms with Crippen molar-refractivity contribution in [3.05, 3.63) is 59.1 Å². The summed E-state index contributed by atoms with van der Waals surface area (Å²) in [5.74, 6) is -0.302. The predicted molar refractivity (Wildman–Crippen MR) is 93.7 cm³/mol. The van der Waals surface area contributed by atoms with Crippen molar-refractivity contribution in [2.45, 2.75) is 6.92 Å². The van der Waals surface area contributed by atoms with E-state index in [2.05, 4.69) is 5.32 Å². The van der Waals surface area contributed by atoms with Gasteiger partial charge in [-0.05, 0) is 43.3 Å². The van der Waals surface area contributed by atoms with Gasteiger partial charge in [0, 0.05) is 12.6 Å². The first-order valence-electron chi connectivity index (χ1n) is 6.97. The van der Waals surface area contributed by atoms with E-state index in [9.17, 15) is 13.2 Å². The molecular formula is C16H17ClN2O3S. The zero-order chi connectivity index (χ0) is 17.0. The Labute approximate surface area is 140 Å². The molecule has 2 rings (SSSR count). The van der Waals surface area contributed by atoms with E-state index in [-0.39, 0.29) is 11.7 Å². The summed E-state index contributed by atoms with van der Waals surface area (Å²) in [6.45, 7) is 1.58. The molecule has 122 valence electrons. The number of para-hydroxylation sites is 1. The third-order valence-corrected chi connectivity index (χ3v) is 5.50. The van der Waals surface area contributed by atoms with Gasteiger partial charge >= 0.3 is 0 Å². The molecule has 0 bridgehead atoms. The number of halogens is 1. The van der Waals surface area contributed by atoms with E-state index in [0.29, 0.717) is 22.0 Å². The minimum Gasteiger partial charge on any atom is -0.321 e. The summed E-state index contributed by atoms with van der Waals surface area (Å²) in [7, 11) is -1.84. The summed E-state index contributed by atoms with van der Waals surface area (Å²) in [6.07, 6.45) is 0. The Morgan fingerprint density at radius 3 is 2.30 bits per heavy atom. The molecule has 2 aromatic rings. The van der Waals surface area contributed by atoms with Crippen molar-refractivity contribution in [1.29, 1.82) is 0 Å². The molecule has 0 spiro atoms. The van der Waals surface area contributed by atoms with E-state index in [1.807, 2.05) is 0 Å². The smallest absolute Gasteiger partial charge is 0.255 e. The molecule has 1 N–H and O–H groups in total. The van der Waals surface area contributed by atoms with Gasteiger partial charge in [0.05, 0.1) is 22.2 Å². The van der Waals surface area contributed by atoms with Crippen LogP contribution in [0, 0.1) is 0 Å². The monoisotopic (exact) mass is 352 g/mol. The Morgan fingerprint density at radius 2 is 1.74 bits per heavy atom. The summed E-state index contributed by atoms with van der Waals surface area (Å²) in [6, 6.07) is 13.3. The number of amides is 1. The second kappa shape index (κ2) is 7.02. The Hall–Kier alpha value is -2.05. The largest absolute Gasteiger partial charge is 0.321 e. The van der Waals surface area contributed by atoms with Gasteiger partial charge in [0.15, 0.2) is 0 Å². The van der Waals surface area contributed by atoms with Gasteiger partial charge in [0.2, 0.25) is 10.0 Å². The summed E-state index contributed by atoms with van der Waals surface area (Å²) in [5, 5.41) is 3.16. The lowest BCUT2D eigenvalue weighted by molar-refractivity contribution is 0.102. The van der Waals surface area contributed by atoms with Gasteiger partial charge < -0.3 is 5.32 Å². The molecule has 0 aliphatic rings. The normalized spacial score (nSPS) is 11.1. The van der Waals surface area contributed by atoms with Gasteiger partial charge in [0.25, 0.3) is 5.91 Å². The highest BCUT2D eigenvalue weighted by molar-refractivity contribution is 7.92. The van der Waals surface area contributed by atoms with E-state index in [4.69, 9.17) is 11.6 Å². The lowest BCUT2D eigenvalue weighted by atomic mass is 10.2. The van der Waals surface area contributed by atoms with Crippen molar-refractivity contribution in [2.75, 3.05) is 22.4 Å². The first-order valence-corrected chi connectivity index (χ1v) is 8.96. The zero-order valence-electron chi connectivity index (χ0n) is 12.8. The molecule has 1 amide bonds. The number of nitrogens with zero attached hydrogens (tertiary/aromatic N) is 1. The number of carbonyl (C=O) groups is 1. The number of rotatable bonds is 5. The summed E-state index contributed by atoms with van der Waals surface area (Å²) >= 11 is 6.00. The second-order valence-corrected chi connectivity index (χ2v) is 7.55. The van der Waals surface area contributed by atoms with E-state index in [0.717, 1.165) is 0 Å². The zero-order valence-corrected chi connectivity index (χ0v) is 14.4. The van der Waals surface area contributed by atoms with E-state index in [1.54, 1.807) is 55.5 Å². The fraction of sp³-hybridized carbons (Fsp3) is 0.188. The number of hydrogen-bond donors (Lipinski definition) is 1. The maximum Gasteiger partial charge on any atom is 0.255 e. The number of benzene rings is 2. The van der Waals surface area contributed by atoms with Crippen LogP contribution in [0.25, 0.3) is 0 Å². The minimum absolute atomic E-state index is 0.0121. The van der Waals surface area contributed by atoms with Crippen LogP contribution in [0.15, 0.2) is 48.5 Å². The average molecular weight is 353 g/mol. The summed E-state index contributed by atoms with van der Waals surface area (Å²) in [4.78, 5) is 12.2. The molecule has 0 unspecified atom stereocenters. The predicted octanol–water partition coefficient (Wildman–Crippen LogP) is 3.38. The van der Waals surface area contributed by atoms with Gasteiger partial charge in [-0.3, -0.25) is 9.10 Å². The van der Waals surface area contributed by atoms with Crippen molar-refractivity contribution >= 4 is 38.9 Å². The maximum atomic E-state index is 12.2. The fourth-order valence-corrected chi connectivity index (χ4v) is 2.95. The van der Waals surface area contributed by atoms with Crippen LogP contribution in [0.5, 0.6) is 0 Å². The molecule has 0 fully saturated rings. The van der Waals surface area contributed by atoms with Gasteiger partial charge in [-0.15, -0.1) is 0 Å². The highest BCUT2D eigenvalue weighted by Crippen LogP contribution is 2.22. The van der Waals surface area contributed by atoms with Crippen LogP contribution in [0.2, 0.25) is 5.02 Å². The highest BCUT2D eigenvalue weighted by atomic mass is 35.5. The molecule has 5 nitrogen and oxygen atoms in total. The Balaban J connectivity index is 2.16. The highest BCUT2D eigenvalue weighted by Gasteiger charge is 2.16. The first kappa shape index (κ1) is 17.3. The molecule has 7 heteroatoms. The number of sulfonamides is 1. The summed E-state index contributed by atoms with van der Waals surface area (Å²) in [5.41, 5.74) is 1.44. The van der Waals surface area contributed by atoms with Crippen LogP contribution in [0.4, 0.5) is 11.4 Å². The van der Waals surface area contributed by atoms with Crippen LogP contribution in [-0.2, 0) is 10.0 Å². The number of nitrogens with one attached hydrogen (secondary N) is 1. The molecule has 0 atom stereocenters. The minimum atomic E-state index is -3.32. The van der Waals surface area contributed by atoms with E-state index >= 15 is 0 Å². The molecule has 0 aliphatic heterocycles. The van der Waals surface area contributed by atoms with Crippen molar-refractivity contribution in [3.8, 4) is 0 Å². The van der Waals surface area contributed by atoms with Crippen LogP contribution >= 0.6 is 11.6 Å². The first-order chi connectivity index (χ1) is 10.8. The molecule has 0 saturated heterocycles. The molecule has 0 heterocycles. The molecular weight excluding hydrogens is 336 g/mol. The molecule has 0 aromatic heterocycles. The molecule has 0 saturated carbocycles. The number of anilines is 2. The van der Waals surface area contributed by atoms with Crippen molar-refractivity contribution in [1.82, 2.24) is 0 Å². The fourth-order valence-electron chi connectivity index (χ4n) is 1.93. The Morgan fingerprint density at radius 1 is 1.13 bits per heavy atom. The van der Waals surface area contributed by atoms with Crippen molar-refractivity contribution in [3.63, 3.8) is 0 Å². The van der Waals surface area contributed by atoms with Crippen LogP contribution in [0.3, 0.4) is 0 Å². The van der Waals surface area contributed by atoms with Gasteiger partial charge in [0.1, 0.15) is 0 Å². The SMILES string of the molecule is CCS(=O)(=O)N(C)c1ccc(C(=O)Nc2ccccc2Cl)cc1. The molecule has 23 heavy (non-hydrogen) atoms. The third kappa shape index (κ3) is 4.03. The van der Waals surface area contributed by atoms with Gasteiger partial charge in [-0.25, -0.2) is 8.42 Å². The maximum absolute atomic E-state index is 12.2. The van der Waals surface area contributed by atoms with Gasteiger partial charge in [-0.1, -0.05) is 23.7 Å². The van der Waals surface area contributed by atoms with Crippen molar-refractivity contribution < 1.29 is 13.2 Å². The molecule has 0 radical (unpaired) electrons. The van der Waals surface area contributed by atoms with Crippen LogP contribution in [-0.4, -0.2) is 27.1 Å². The third-order valence-electron chi connectivity index (χ3n) is 3.40. The topological polar surface area (TPSA) is 66.5 Å². The summed E-state index contributed by atoms with van der Waals surface area (Å²) < 4.78 is 24.9. The van der Waals surface area contributed by atoms with Gasteiger partial charge in [-0.2, -0.15) is 0 Å². The van der Waals surface area contributed by atoms with E-state index < -0.39 is 10.0 Å². The number of hydrogen-bond acceptors (Lipinski definition) is 3. The van der Waals surface area contributed by atoms with Crippen LogP contribution < -0.4 is 9.62 Å². The molecule has 2 aromatic carbocycles. The van der Waals surface area contributed by atoms with Crippen LogP contribution in [0.1, 0.15) is 17.3 Å². The standard InChI is InChI=1S/C16H17ClN2O3S/c1-3-23(21,22)19(2)13-10-8-12(9-11-13)16(20)18-15-7-5-4-6-14(15)17/h4-11H,3H2,1-2H3,(H,18,20). The van der Waals surface area contributed by atoms with Crippen molar-refractivity contribution in [2.24, 2.45) is 0 Å². The lowest BCUT2D eigenvalue weighted by Crippen LogP contribution is -2.28. The quantitative estimate of drug-likeness (QED) is 0.897. The Bertz CT molecular complexity index is 804. The average Bonchev–Trinajstić information content (AvgIpc) is 2.56. The number of carbonyl (C=O) groups excluding carboxylic acids is 1. The molecule has 0 aliphatic carbocycles. The van der Waals surface area contributed by atoms with E-state index in [1.165, 1.54) is 11.4 Å². The Kier molecular flexibility index (Phi) is 5.28. The lowest BCUT2D eigenvalue weighted by Gasteiger charge is -2.18.